The van der Waals surface area contributed by atoms with Crippen LogP contribution in [0.4, 0.5) is 0 Å². The van der Waals surface area contributed by atoms with Gasteiger partial charge in [0.25, 0.3) is 0 Å². The van der Waals surface area contributed by atoms with Crippen molar-refractivity contribution in [1.82, 2.24) is 14.8 Å². The lowest BCUT2D eigenvalue weighted by atomic mass is 10.1. The van der Waals surface area contributed by atoms with E-state index in [0.29, 0.717) is 6.42 Å². The Morgan fingerprint density at radius 3 is 2.93 bits per heavy atom. The molecular weight excluding hydrogens is 210 g/mol. The van der Waals surface area contributed by atoms with Crippen LogP contribution in [-0.4, -0.2) is 20.5 Å². The molecule has 0 bridgehead atoms. The van der Waals surface area contributed by atoms with Crippen molar-refractivity contribution in [1.29, 1.82) is 0 Å². The maximum atomic E-state index is 11.8. The summed E-state index contributed by atoms with van der Waals surface area (Å²) in [6.45, 7) is 1.85. The lowest BCUT2D eigenvalue weighted by Crippen LogP contribution is -2.02. The van der Waals surface area contributed by atoms with Crippen molar-refractivity contribution in [2.75, 3.05) is 0 Å². The molecule has 0 N–H and O–H groups in total. The van der Waals surface area contributed by atoms with E-state index in [1.807, 2.05) is 20.2 Å². The summed E-state index contributed by atoms with van der Waals surface area (Å²) in [7, 11) is 1.84. The number of thiazole rings is 1. The zero-order valence-electron chi connectivity index (χ0n) is 8.60. The molecule has 2 heterocycles. The summed E-state index contributed by atoms with van der Waals surface area (Å²) >= 11 is 1.40. The maximum absolute atomic E-state index is 11.8. The van der Waals surface area contributed by atoms with Crippen LogP contribution in [-0.2, 0) is 13.5 Å². The highest BCUT2D eigenvalue weighted by Gasteiger charge is 2.12. The second kappa shape index (κ2) is 3.94. The van der Waals surface area contributed by atoms with E-state index < -0.39 is 0 Å². The highest BCUT2D eigenvalue weighted by atomic mass is 32.1. The second-order valence-electron chi connectivity index (χ2n) is 3.39. The summed E-state index contributed by atoms with van der Waals surface area (Å²) < 4.78 is 1.70. The van der Waals surface area contributed by atoms with E-state index >= 15 is 0 Å². The summed E-state index contributed by atoms with van der Waals surface area (Å²) in [5.74, 6) is 0.114. The van der Waals surface area contributed by atoms with Crippen LogP contribution in [0, 0.1) is 6.92 Å². The largest absolute Gasteiger partial charge is 0.293 e. The van der Waals surface area contributed by atoms with E-state index in [0.717, 1.165) is 16.1 Å². The molecule has 0 aromatic carbocycles. The molecule has 2 aromatic heterocycles. The number of Topliss-reactive ketones (excluding diaryl/α,β-unsaturated/α-hetero) is 1. The minimum absolute atomic E-state index is 0.114. The maximum Gasteiger partial charge on any atom is 0.179 e. The molecular formula is C10H11N3OS. The van der Waals surface area contributed by atoms with Gasteiger partial charge in [0.15, 0.2) is 5.78 Å². The zero-order chi connectivity index (χ0) is 10.8. The van der Waals surface area contributed by atoms with E-state index in [2.05, 4.69) is 10.1 Å². The fourth-order valence-electron chi connectivity index (χ4n) is 1.40. The van der Waals surface area contributed by atoms with E-state index in [4.69, 9.17) is 0 Å². The number of carbonyl (C=O) groups is 1. The zero-order valence-corrected chi connectivity index (χ0v) is 9.41. The second-order valence-corrected chi connectivity index (χ2v) is 4.24. The van der Waals surface area contributed by atoms with E-state index in [1.54, 1.807) is 16.4 Å². The van der Waals surface area contributed by atoms with Crippen LogP contribution in [0.3, 0.4) is 0 Å². The van der Waals surface area contributed by atoms with Gasteiger partial charge in [0.05, 0.1) is 22.3 Å². The van der Waals surface area contributed by atoms with E-state index in [9.17, 15) is 4.79 Å². The van der Waals surface area contributed by atoms with Gasteiger partial charge in [-0.25, -0.2) is 4.98 Å². The number of ketones is 1. The molecule has 0 atom stereocenters. The SMILES string of the molecule is Cc1ncsc1C(=O)Cc1cnn(C)c1. The van der Waals surface area contributed by atoms with Gasteiger partial charge in [-0.05, 0) is 12.5 Å². The number of rotatable bonds is 3. The van der Waals surface area contributed by atoms with Gasteiger partial charge in [-0.3, -0.25) is 9.48 Å². The van der Waals surface area contributed by atoms with Crippen LogP contribution in [0.25, 0.3) is 0 Å². The monoisotopic (exact) mass is 221 g/mol. The van der Waals surface area contributed by atoms with Crippen LogP contribution in [0.2, 0.25) is 0 Å². The molecule has 15 heavy (non-hydrogen) atoms. The number of aryl methyl sites for hydroxylation is 2. The number of carbonyl (C=O) groups excluding carboxylic acids is 1. The van der Waals surface area contributed by atoms with Crippen molar-refractivity contribution in [3.05, 3.63) is 34.0 Å². The first kappa shape index (κ1) is 10.0. The quantitative estimate of drug-likeness (QED) is 0.740. The third-order valence-electron chi connectivity index (χ3n) is 2.12. The van der Waals surface area contributed by atoms with Gasteiger partial charge < -0.3 is 0 Å². The average Bonchev–Trinajstić information content (AvgIpc) is 2.75. The normalized spacial score (nSPS) is 10.5. The molecule has 0 saturated heterocycles. The van der Waals surface area contributed by atoms with Crippen LogP contribution in [0.5, 0.6) is 0 Å². The van der Waals surface area contributed by atoms with Crippen molar-refractivity contribution in [3.8, 4) is 0 Å². The molecule has 4 nitrogen and oxygen atoms in total. The molecule has 78 valence electrons. The first-order valence-corrected chi connectivity index (χ1v) is 5.45. The molecule has 0 unspecified atom stereocenters. The van der Waals surface area contributed by atoms with Gasteiger partial charge in [-0.2, -0.15) is 5.10 Å². The first-order chi connectivity index (χ1) is 7.16. The van der Waals surface area contributed by atoms with Gasteiger partial charge in [-0.15, -0.1) is 11.3 Å². The molecule has 0 amide bonds. The fourth-order valence-corrected chi connectivity index (χ4v) is 2.14. The van der Waals surface area contributed by atoms with Crippen molar-refractivity contribution in [3.63, 3.8) is 0 Å². The van der Waals surface area contributed by atoms with Gasteiger partial charge in [-0.1, -0.05) is 0 Å². The lowest BCUT2D eigenvalue weighted by molar-refractivity contribution is 0.0996. The fraction of sp³-hybridized carbons (Fsp3) is 0.300. The van der Waals surface area contributed by atoms with Crippen LogP contribution in [0.15, 0.2) is 17.9 Å². The van der Waals surface area contributed by atoms with Gasteiger partial charge in [0.2, 0.25) is 0 Å². The predicted molar refractivity (Wildman–Crippen MR) is 58.1 cm³/mol. The standard InChI is InChI=1S/C10H11N3OS/c1-7-10(15-6-11-7)9(14)3-8-4-12-13(2)5-8/h4-6H,3H2,1-2H3. The average molecular weight is 221 g/mol. The molecule has 0 aliphatic rings. The molecule has 2 aromatic rings. The summed E-state index contributed by atoms with van der Waals surface area (Å²) in [4.78, 5) is 16.6. The Balaban J connectivity index is 2.14. The molecule has 2 rings (SSSR count). The molecule has 0 aliphatic carbocycles. The number of nitrogens with zero attached hydrogens (tertiary/aromatic N) is 3. The molecule has 0 saturated carbocycles. The first-order valence-electron chi connectivity index (χ1n) is 4.57. The van der Waals surface area contributed by atoms with Gasteiger partial charge >= 0.3 is 0 Å². The Labute approximate surface area is 91.6 Å². The van der Waals surface area contributed by atoms with Gasteiger partial charge in [0.1, 0.15) is 0 Å². The summed E-state index contributed by atoms with van der Waals surface area (Å²) in [6.07, 6.45) is 3.97. The molecule has 0 spiro atoms. The summed E-state index contributed by atoms with van der Waals surface area (Å²) in [6, 6.07) is 0. The number of hydrogen-bond acceptors (Lipinski definition) is 4. The Morgan fingerprint density at radius 2 is 2.40 bits per heavy atom. The molecule has 0 aliphatic heterocycles. The van der Waals surface area contributed by atoms with Crippen molar-refractivity contribution in [2.24, 2.45) is 7.05 Å². The highest BCUT2D eigenvalue weighted by molar-refractivity contribution is 7.11. The Bertz CT molecular complexity index is 486. The van der Waals surface area contributed by atoms with Gasteiger partial charge in [0, 0.05) is 19.7 Å². The third kappa shape index (κ3) is 2.12. The number of aromatic nitrogens is 3. The smallest absolute Gasteiger partial charge is 0.179 e. The minimum atomic E-state index is 0.114. The third-order valence-corrected chi connectivity index (χ3v) is 3.09. The van der Waals surface area contributed by atoms with Crippen molar-refractivity contribution >= 4 is 17.1 Å². The molecule has 5 heteroatoms. The van der Waals surface area contributed by atoms with Crippen molar-refractivity contribution < 1.29 is 4.79 Å². The van der Waals surface area contributed by atoms with E-state index in [-0.39, 0.29) is 5.78 Å². The van der Waals surface area contributed by atoms with Crippen molar-refractivity contribution in [2.45, 2.75) is 13.3 Å². The minimum Gasteiger partial charge on any atom is -0.293 e. The molecule has 0 radical (unpaired) electrons. The van der Waals surface area contributed by atoms with Crippen LogP contribution in [0.1, 0.15) is 20.9 Å². The topological polar surface area (TPSA) is 47.8 Å². The Hall–Kier alpha value is -1.49. The molecule has 0 fully saturated rings. The van der Waals surface area contributed by atoms with Crippen LogP contribution >= 0.6 is 11.3 Å². The Kier molecular flexibility index (Phi) is 2.64. The van der Waals surface area contributed by atoms with E-state index in [1.165, 1.54) is 11.3 Å². The lowest BCUT2D eigenvalue weighted by Gasteiger charge is -1.95. The highest BCUT2D eigenvalue weighted by Crippen LogP contribution is 2.15. The predicted octanol–water partition coefficient (Wildman–Crippen LogP) is 1.61. The number of hydrogen-bond donors (Lipinski definition) is 0. The Morgan fingerprint density at radius 1 is 1.60 bits per heavy atom. The summed E-state index contributed by atoms with van der Waals surface area (Å²) in [5, 5.41) is 4.03. The van der Waals surface area contributed by atoms with Crippen LogP contribution < -0.4 is 0 Å². The summed E-state index contributed by atoms with van der Waals surface area (Å²) in [5.41, 5.74) is 3.45.